The third-order valence-corrected chi connectivity index (χ3v) is 8.74. The number of nitrogens with zero attached hydrogens (tertiary/aromatic N) is 7. The molecule has 2 aromatic heterocycles. The Hall–Kier alpha value is -4.75. The molecule has 13 heteroatoms. The predicted molar refractivity (Wildman–Crippen MR) is 190 cm³/mol. The van der Waals surface area contributed by atoms with Crippen molar-refractivity contribution in [2.24, 2.45) is 0 Å². The number of morpholine rings is 1. The number of anilines is 2. The zero-order chi connectivity index (χ0) is 34.4. The molecule has 0 spiro atoms. The molecule has 0 bridgehead atoms. The molecule has 13 nitrogen and oxygen atoms in total. The second-order valence-electron chi connectivity index (χ2n) is 13.6. The van der Waals surface area contributed by atoms with Crippen molar-refractivity contribution in [1.82, 2.24) is 34.9 Å². The zero-order valence-corrected chi connectivity index (χ0v) is 28.9. The average molecular weight is 670 g/mol. The largest absolute Gasteiger partial charge is 0.444 e. The van der Waals surface area contributed by atoms with Crippen molar-refractivity contribution in [3.8, 4) is 11.4 Å². The minimum absolute atomic E-state index is 0.249. The molecule has 3 amide bonds. The van der Waals surface area contributed by atoms with E-state index in [0.29, 0.717) is 31.3 Å². The van der Waals surface area contributed by atoms with Gasteiger partial charge in [-0.1, -0.05) is 30.3 Å². The van der Waals surface area contributed by atoms with Crippen LogP contribution in [0.15, 0.2) is 60.8 Å². The number of benzene rings is 2. The fourth-order valence-electron chi connectivity index (χ4n) is 6.13. The maximum absolute atomic E-state index is 12.6. The summed E-state index contributed by atoms with van der Waals surface area (Å²) in [4.78, 5) is 41.1. The molecule has 2 aromatic carbocycles. The summed E-state index contributed by atoms with van der Waals surface area (Å²) in [6.45, 7) is 11.8. The molecule has 0 saturated carbocycles. The molecule has 49 heavy (non-hydrogen) atoms. The number of rotatable bonds is 9. The number of likely N-dealkylation sites (N-methyl/N-ethyl adjacent to an activating group) is 1. The van der Waals surface area contributed by atoms with Crippen LogP contribution in [0.5, 0.6) is 0 Å². The van der Waals surface area contributed by atoms with Crippen LogP contribution < -0.4 is 15.5 Å². The number of amides is 3. The van der Waals surface area contributed by atoms with Gasteiger partial charge in [-0.25, -0.2) is 24.2 Å². The normalized spacial score (nSPS) is 16.0. The third kappa shape index (κ3) is 8.84. The summed E-state index contributed by atoms with van der Waals surface area (Å²) in [5.41, 5.74) is 3.06. The first-order valence-corrected chi connectivity index (χ1v) is 17.1. The van der Waals surface area contributed by atoms with Crippen LogP contribution in [-0.4, -0.2) is 107 Å². The van der Waals surface area contributed by atoms with Crippen LogP contribution in [0.3, 0.4) is 0 Å². The number of likely N-dealkylation sites (tertiary alicyclic amines) is 1. The number of ether oxygens (including phenoxy) is 2. The maximum atomic E-state index is 12.6. The van der Waals surface area contributed by atoms with E-state index in [2.05, 4.69) is 55.4 Å². The van der Waals surface area contributed by atoms with Gasteiger partial charge in [-0.05, 0) is 63.4 Å². The lowest BCUT2D eigenvalue weighted by atomic mass is 10.0. The smallest absolute Gasteiger partial charge is 0.410 e. The van der Waals surface area contributed by atoms with Gasteiger partial charge in [0.2, 0.25) is 0 Å². The summed E-state index contributed by atoms with van der Waals surface area (Å²) in [6.07, 6.45) is 3.47. The summed E-state index contributed by atoms with van der Waals surface area (Å²) in [6, 6.07) is 18.0. The number of aromatic nitrogens is 4. The van der Waals surface area contributed by atoms with E-state index in [1.807, 2.05) is 51.2 Å². The van der Waals surface area contributed by atoms with E-state index >= 15 is 0 Å². The van der Waals surface area contributed by atoms with E-state index in [1.165, 1.54) is 10.5 Å². The van der Waals surface area contributed by atoms with E-state index in [4.69, 9.17) is 24.5 Å². The van der Waals surface area contributed by atoms with Crippen LogP contribution in [0.1, 0.15) is 45.2 Å². The van der Waals surface area contributed by atoms with Crippen molar-refractivity contribution in [1.29, 1.82) is 0 Å². The van der Waals surface area contributed by atoms with Crippen molar-refractivity contribution in [3.63, 3.8) is 0 Å². The van der Waals surface area contributed by atoms with Gasteiger partial charge in [0.15, 0.2) is 11.5 Å². The molecule has 2 N–H and O–H groups in total. The van der Waals surface area contributed by atoms with Crippen LogP contribution in [0.25, 0.3) is 22.4 Å². The first-order chi connectivity index (χ1) is 23.6. The molecule has 0 atom stereocenters. The molecule has 4 heterocycles. The maximum Gasteiger partial charge on any atom is 0.410 e. The highest BCUT2D eigenvalue weighted by Gasteiger charge is 2.26. The first kappa shape index (κ1) is 34.1. The summed E-state index contributed by atoms with van der Waals surface area (Å²) >= 11 is 0. The lowest BCUT2D eigenvalue weighted by Gasteiger charge is -2.32. The number of urea groups is 1. The van der Waals surface area contributed by atoms with Crippen LogP contribution >= 0.6 is 0 Å². The minimum atomic E-state index is -0.578. The Bertz CT molecular complexity index is 1710. The molecule has 2 fully saturated rings. The average Bonchev–Trinajstić information content (AvgIpc) is 3.53. The molecule has 260 valence electrons. The van der Waals surface area contributed by atoms with Crippen molar-refractivity contribution in [2.45, 2.75) is 51.8 Å². The van der Waals surface area contributed by atoms with E-state index in [-0.39, 0.29) is 18.6 Å². The molecule has 2 aliphatic rings. The molecule has 2 saturated heterocycles. The molecule has 4 aromatic rings. The van der Waals surface area contributed by atoms with Gasteiger partial charge in [0.1, 0.15) is 11.4 Å². The van der Waals surface area contributed by atoms with E-state index in [9.17, 15) is 9.59 Å². The number of carbonyl (C=O) groups is 2. The van der Waals surface area contributed by atoms with Crippen LogP contribution in [0.4, 0.5) is 21.1 Å². The van der Waals surface area contributed by atoms with Gasteiger partial charge in [-0.15, -0.1) is 0 Å². The van der Waals surface area contributed by atoms with Crippen molar-refractivity contribution < 1.29 is 19.1 Å². The lowest BCUT2D eigenvalue weighted by molar-refractivity contribution is 0.0301. The zero-order valence-electron chi connectivity index (χ0n) is 28.9. The Morgan fingerprint density at radius 1 is 0.980 bits per heavy atom. The standard InChI is InChI=1S/C36H47N9O4/c1-36(2,3)49-35(47)42(4)19-16-37-34(46)39-28-12-10-27(11-13-28)31-40-32(44-20-22-48-23-21-44)30-24-38-45(33(30)41-31)29-14-17-43(18-15-29)25-26-8-6-5-7-9-26/h5-13,24,29H,14-23,25H2,1-4H3,(H2,37,39,46). The number of hydrogen-bond acceptors (Lipinski definition) is 9. The molecule has 0 unspecified atom stereocenters. The Morgan fingerprint density at radius 3 is 2.39 bits per heavy atom. The highest BCUT2D eigenvalue weighted by Crippen LogP contribution is 2.32. The van der Waals surface area contributed by atoms with Crippen LogP contribution in [0, 0.1) is 0 Å². The van der Waals surface area contributed by atoms with Crippen molar-refractivity contribution in [2.75, 3.05) is 69.7 Å². The number of nitrogens with one attached hydrogen (secondary N) is 2. The van der Waals surface area contributed by atoms with E-state index in [0.717, 1.165) is 68.0 Å². The second-order valence-corrected chi connectivity index (χ2v) is 13.6. The predicted octanol–water partition coefficient (Wildman–Crippen LogP) is 5.16. The Labute approximate surface area is 287 Å². The Kier molecular flexibility index (Phi) is 10.6. The van der Waals surface area contributed by atoms with Crippen molar-refractivity contribution in [3.05, 3.63) is 66.4 Å². The van der Waals surface area contributed by atoms with Crippen LogP contribution in [-0.2, 0) is 16.0 Å². The number of carbonyl (C=O) groups excluding carboxylic acids is 2. The monoisotopic (exact) mass is 669 g/mol. The van der Waals surface area contributed by atoms with Crippen molar-refractivity contribution >= 4 is 34.7 Å². The van der Waals surface area contributed by atoms with E-state index < -0.39 is 11.7 Å². The van der Waals surface area contributed by atoms with Crippen LogP contribution in [0.2, 0.25) is 0 Å². The molecular formula is C36H47N9O4. The molecule has 0 radical (unpaired) electrons. The van der Waals surface area contributed by atoms with Gasteiger partial charge in [-0.2, -0.15) is 5.10 Å². The first-order valence-electron chi connectivity index (χ1n) is 17.1. The topological polar surface area (TPSA) is 130 Å². The summed E-state index contributed by atoms with van der Waals surface area (Å²) in [5, 5.41) is 11.5. The lowest BCUT2D eigenvalue weighted by Crippen LogP contribution is -2.40. The highest BCUT2D eigenvalue weighted by molar-refractivity contribution is 5.90. The number of piperidine rings is 1. The van der Waals surface area contributed by atoms with Gasteiger partial charge >= 0.3 is 12.1 Å². The van der Waals surface area contributed by atoms with Gasteiger partial charge < -0.3 is 29.9 Å². The Balaban J connectivity index is 1.14. The highest BCUT2D eigenvalue weighted by atomic mass is 16.6. The number of fused-ring (bicyclic) bond motifs is 1. The number of hydrogen-bond donors (Lipinski definition) is 2. The fourth-order valence-corrected chi connectivity index (χ4v) is 6.13. The van der Waals surface area contributed by atoms with Gasteiger partial charge in [0, 0.05) is 64.1 Å². The fraction of sp³-hybridized carbons (Fsp3) is 0.472. The summed E-state index contributed by atoms with van der Waals surface area (Å²) < 4.78 is 13.1. The minimum Gasteiger partial charge on any atom is -0.444 e. The Morgan fingerprint density at radius 2 is 1.69 bits per heavy atom. The molecular weight excluding hydrogens is 622 g/mol. The molecule has 2 aliphatic heterocycles. The summed E-state index contributed by atoms with van der Waals surface area (Å²) in [5.74, 6) is 1.48. The molecule has 0 aliphatic carbocycles. The second kappa shape index (κ2) is 15.2. The van der Waals surface area contributed by atoms with Gasteiger partial charge in [0.05, 0.1) is 30.8 Å². The summed E-state index contributed by atoms with van der Waals surface area (Å²) in [7, 11) is 1.64. The van der Waals surface area contributed by atoms with Gasteiger partial charge in [0.25, 0.3) is 0 Å². The van der Waals surface area contributed by atoms with E-state index in [1.54, 1.807) is 7.05 Å². The molecule has 6 rings (SSSR count). The quantitative estimate of drug-likeness (QED) is 0.248. The van der Waals surface area contributed by atoms with Gasteiger partial charge in [-0.3, -0.25) is 4.90 Å². The SMILES string of the molecule is CN(CCNC(=O)Nc1ccc(-c2nc(N3CCOCC3)c3cnn(C4CCN(Cc5ccccc5)CC4)c3n2)cc1)C(=O)OC(C)(C)C. The third-order valence-electron chi connectivity index (χ3n) is 8.74.